The van der Waals surface area contributed by atoms with E-state index in [1.165, 1.54) is 12.1 Å². The Kier molecular flexibility index (Phi) is 4.26. The van der Waals surface area contributed by atoms with Gasteiger partial charge in [-0.15, -0.1) is 0 Å². The van der Waals surface area contributed by atoms with E-state index < -0.39 is 9.84 Å². The highest BCUT2D eigenvalue weighted by Crippen LogP contribution is 2.23. The Labute approximate surface area is 128 Å². The van der Waals surface area contributed by atoms with Crippen LogP contribution < -0.4 is 5.32 Å². The molecule has 2 atom stereocenters. The summed E-state index contributed by atoms with van der Waals surface area (Å²) in [6, 6.07) is 5.85. The smallest absolute Gasteiger partial charge is 0.154 e. The fraction of sp³-hybridized carbons (Fsp3) is 0.400. The number of nitrogens with zero attached hydrogens (tertiary/aromatic N) is 1. The van der Waals surface area contributed by atoms with Crippen molar-refractivity contribution in [3.05, 3.63) is 53.9 Å². The van der Waals surface area contributed by atoms with Gasteiger partial charge in [0.2, 0.25) is 0 Å². The average Bonchev–Trinajstić information content (AvgIpc) is 3.11. The number of nitrogens with one attached hydrogen (secondary N) is 2. The van der Waals surface area contributed by atoms with Crippen molar-refractivity contribution in [1.29, 1.82) is 0 Å². The van der Waals surface area contributed by atoms with Crippen molar-refractivity contribution in [2.45, 2.75) is 24.1 Å². The summed E-state index contributed by atoms with van der Waals surface area (Å²) in [5, 5.41) is 2.90. The van der Waals surface area contributed by atoms with Crippen molar-refractivity contribution in [2.24, 2.45) is 0 Å². The van der Waals surface area contributed by atoms with Gasteiger partial charge in [-0.2, -0.15) is 0 Å². The summed E-state index contributed by atoms with van der Waals surface area (Å²) >= 11 is 0. The molecule has 5 nitrogen and oxygen atoms in total. The maximum atomic E-state index is 13.1. The van der Waals surface area contributed by atoms with E-state index in [2.05, 4.69) is 15.3 Å². The number of rotatable bonds is 5. The summed E-state index contributed by atoms with van der Waals surface area (Å²) in [7, 11) is -2.99. The summed E-state index contributed by atoms with van der Waals surface area (Å²) in [5.74, 6) is 0.642. The van der Waals surface area contributed by atoms with Crippen LogP contribution in [0.25, 0.3) is 0 Å². The van der Waals surface area contributed by atoms with E-state index in [1.807, 2.05) is 0 Å². The van der Waals surface area contributed by atoms with Crippen LogP contribution in [0.1, 0.15) is 30.3 Å². The zero-order chi connectivity index (χ0) is 15.6. The molecule has 7 heteroatoms. The number of aromatic amines is 1. The molecule has 0 spiro atoms. The lowest BCUT2D eigenvalue weighted by molar-refractivity contribution is 0.541. The maximum Gasteiger partial charge on any atom is 0.154 e. The number of aromatic nitrogens is 2. The van der Waals surface area contributed by atoms with Crippen LogP contribution in [-0.2, 0) is 9.84 Å². The molecule has 1 aliphatic rings. The molecule has 2 heterocycles. The van der Waals surface area contributed by atoms with Crippen molar-refractivity contribution >= 4 is 9.84 Å². The van der Waals surface area contributed by atoms with Crippen molar-refractivity contribution < 1.29 is 12.8 Å². The number of benzene rings is 1. The molecule has 2 aromatic rings. The van der Waals surface area contributed by atoms with Crippen LogP contribution in [0.5, 0.6) is 0 Å². The quantitative estimate of drug-likeness (QED) is 0.880. The van der Waals surface area contributed by atoms with E-state index in [-0.39, 0.29) is 22.9 Å². The second-order valence-electron chi connectivity index (χ2n) is 5.50. The summed E-state index contributed by atoms with van der Waals surface area (Å²) in [5.41, 5.74) is 0.840. The lowest BCUT2D eigenvalue weighted by Crippen LogP contribution is -2.34. The lowest BCUT2D eigenvalue weighted by atomic mass is 10.1. The van der Waals surface area contributed by atoms with Crippen molar-refractivity contribution in [1.82, 2.24) is 15.3 Å². The zero-order valence-electron chi connectivity index (χ0n) is 12.0. The largest absolute Gasteiger partial charge is 0.347 e. The van der Waals surface area contributed by atoms with Crippen molar-refractivity contribution in [2.75, 3.05) is 12.3 Å². The first-order chi connectivity index (χ1) is 10.6. The molecule has 1 aliphatic heterocycles. The molecule has 1 aromatic heterocycles. The lowest BCUT2D eigenvalue weighted by Gasteiger charge is -2.19. The normalized spacial score (nSPS) is 21.8. The minimum absolute atomic E-state index is 0.265. The molecule has 1 fully saturated rings. The van der Waals surface area contributed by atoms with E-state index in [1.54, 1.807) is 24.5 Å². The maximum absolute atomic E-state index is 13.1. The van der Waals surface area contributed by atoms with Crippen LogP contribution in [0.2, 0.25) is 0 Å². The Hall–Kier alpha value is -1.73. The number of halogens is 1. The number of H-pyrrole nitrogens is 1. The molecule has 0 aliphatic carbocycles. The van der Waals surface area contributed by atoms with E-state index in [4.69, 9.17) is 0 Å². The van der Waals surface area contributed by atoms with Gasteiger partial charge in [0, 0.05) is 18.9 Å². The fourth-order valence-electron chi connectivity index (χ4n) is 2.80. The molecule has 0 radical (unpaired) electrons. The van der Waals surface area contributed by atoms with Crippen LogP contribution in [-0.4, -0.2) is 35.9 Å². The molecule has 0 amide bonds. The highest BCUT2D eigenvalue weighted by Gasteiger charge is 2.32. The Bertz CT molecular complexity index is 714. The molecule has 2 N–H and O–H groups in total. The van der Waals surface area contributed by atoms with Gasteiger partial charge in [-0.3, -0.25) is 0 Å². The van der Waals surface area contributed by atoms with Crippen LogP contribution >= 0.6 is 0 Å². The number of sulfone groups is 1. The van der Waals surface area contributed by atoms with Crippen molar-refractivity contribution in [3.63, 3.8) is 0 Å². The molecule has 2 unspecified atom stereocenters. The first-order valence-corrected chi connectivity index (χ1v) is 8.97. The first-order valence-electron chi connectivity index (χ1n) is 7.26. The SMILES string of the molecule is O=S1(=O)CCCC1CNC(c1ccc(F)cc1)c1ncc[nH]1. The Morgan fingerprint density at radius 1 is 1.36 bits per heavy atom. The highest BCUT2D eigenvalue weighted by molar-refractivity contribution is 7.92. The molecule has 0 bridgehead atoms. The molecular formula is C15H18FN3O2S. The van der Waals surface area contributed by atoms with Gasteiger partial charge in [0.15, 0.2) is 9.84 Å². The van der Waals surface area contributed by atoms with E-state index in [0.717, 1.165) is 12.0 Å². The number of imidazole rings is 1. The summed E-state index contributed by atoms with van der Waals surface area (Å²) in [4.78, 5) is 7.27. The van der Waals surface area contributed by atoms with Gasteiger partial charge in [-0.05, 0) is 30.5 Å². The van der Waals surface area contributed by atoms with E-state index in [9.17, 15) is 12.8 Å². The summed E-state index contributed by atoms with van der Waals surface area (Å²) in [6.45, 7) is 0.366. The molecule has 3 rings (SSSR count). The van der Waals surface area contributed by atoms with Crippen LogP contribution in [0.15, 0.2) is 36.7 Å². The summed E-state index contributed by atoms with van der Waals surface area (Å²) < 4.78 is 37.0. The zero-order valence-corrected chi connectivity index (χ0v) is 12.8. The Morgan fingerprint density at radius 2 is 2.14 bits per heavy atom. The number of hydrogen-bond donors (Lipinski definition) is 2. The molecule has 22 heavy (non-hydrogen) atoms. The van der Waals surface area contributed by atoms with Gasteiger partial charge in [-0.25, -0.2) is 17.8 Å². The van der Waals surface area contributed by atoms with Gasteiger partial charge < -0.3 is 10.3 Å². The fourth-order valence-corrected chi connectivity index (χ4v) is 4.58. The standard InChI is InChI=1S/C15H18FN3O2S/c16-12-5-3-11(4-6-12)14(15-17-7-8-18-15)19-10-13-2-1-9-22(13,20)21/h3-8,13-14,19H,1-2,9-10H2,(H,17,18). The minimum Gasteiger partial charge on any atom is -0.347 e. The minimum atomic E-state index is -2.99. The average molecular weight is 323 g/mol. The molecule has 1 saturated heterocycles. The van der Waals surface area contributed by atoms with E-state index >= 15 is 0 Å². The van der Waals surface area contributed by atoms with E-state index in [0.29, 0.717) is 18.8 Å². The van der Waals surface area contributed by atoms with Gasteiger partial charge in [0.05, 0.1) is 17.0 Å². The monoisotopic (exact) mass is 323 g/mol. The van der Waals surface area contributed by atoms with Gasteiger partial charge in [-0.1, -0.05) is 12.1 Å². The van der Waals surface area contributed by atoms with Crippen LogP contribution in [0.3, 0.4) is 0 Å². The van der Waals surface area contributed by atoms with Crippen LogP contribution in [0, 0.1) is 5.82 Å². The van der Waals surface area contributed by atoms with Gasteiger partial charge >= 0.3 is 0 Å². The third-order valence-corrected chi connectivity index (χ3v) is 6.28. The Balaban J connectivity index is 1.79. The predicted molar refractivity (Wildman–Crippen MR) is 81.6 cm³/mol. The molecule has 0 saturated carbocycles. The van der Waals surface area contributed by atoms with Gasteiger partial charge in [0.1, 0.15) is 11.6 Å². The van der Waals surface area contributed by atoms with Crippen LogP contribution in [0.4, 0.5) is 4.39 Å². The van der Waals surface area contributed by atoms with Gasteiger partial charge in [0.25, 0.3) is 0 Å². The predicted octanol–water partition coefficient (Wildman–Crippen LogP) is 1.80. The van der Waals surface area contributed by atoms with Crippen molar-refractivity contribution in [3.8, 4) is 0 Å². The molecule has 118 valence electrons. The molecular weight excluding hydrogens is 305 g/mol. The second kappa shape index (κ2) is 6.18. The third kappa shape index (κ3) is 3.20. The topological polar surface area (TPSA) is 74.8 Å². The Morgan fingerprint density at radius 3 is 2.73 bits per heavy atom. The third-order valence-electron chi connectivity index (χ3n) is 4.01. The second-order valence-corrected chi connectivity index (χ2v) is 7.90. The highest BCUT2D eigenvalue weighted by atomic mass is 32.2. The summed E-state index contributed by atoms with van der Waals surface area (Å²) in [6.07, 6.45) is 4.75. The molecule has 1 aromatic carbocycles. The first kappa shape index (κ1) is 15.2. The number of hydrogen-bond acceptors (Lipinski definition) is 4.